The van der Waals surface area contributed by atoms with Crippen LogP contribution in [0.2, 0.25) is 0 Å². The van der Waals surface area contributed by atoms with Gasteiger partial charge in [0.25, 0.3) is 5.91 Å². The van der Waals surface area contributed by atoms with E-state index in [4.69, 9.17) is 4.74 Å². The number of ether oxygens (including phenoxy) is 1. The van der Waals surface area contributed by atoms with Crippen molar-refractivity contribution in [3.8, 4) is 0 Å². The van der Waals surface area contributed by atoms with Crippen LogP contribution in [-0.4, -0.2) is 35.1 Å². The number of Topliss-reactive ketones (excluding diaryl/α,β-unsaturated/α-hetero) is 1. The molecule has 1 aliphatic rings. The van der Waals surface area contributed by atoms with E-state index in [-0.39, 0.29) is 5.92 Å². The molecule has 1 aliphatic heterocycles. The third-order valence-corrected chi connectivity index (χ3v) is 6.27. The van der Waals surface area contributed by atoms with Crippen LogP contribution in [0.15, 0.2) is 60.7 Å². The molecule has 0 aromatic heterocycles. The van der Waals surface area contributed by atoms with Gasteiger partial charge >= 0.3 is 5.97 Å². The number of aryl methyl sites for hydroxylation is 1. The van der Waals surface area contributed by atoms with Gasteiger partial charge in [0, 0.05) is 12.5 Å². The zero-order valence-electron chi connectivity index (χ0n) is 19.0. The second-order valence-electron chi connectivity index (χ2n) is 8.54. The molecule has 0 radical (unpaired) electrons. The van der Waals surface area contributed by atoms with Gasteiger partial charge in [0.2, 0.25) is 5.78 Å². The topological polar surface area (TPSA) is 63.7 Å². The molecule has 2 aromatic rings. The van der Waals surface area contributed by atoms with Crippen molar-refractivity contribution in [2.45, 2.75) is 64.5 Å². The van der Waals surface area contributed by atoms with Crippen molar-refractivity contribution < 1.29 is 19.1 Å². The fourth-order valence-electron chi connectivity index (χ4n) is 4.08. The van der Waals surface area contributed by atoms with Crippen LogP contribution in [0.4, 0.5) is 0 Å². The molecule has 0 bridgehead atoms. The van der Waals surface area contributed by atoms with Crippen LogP contribution in [0.25, 0.3) is 0 Å². The molecule has 1 saturated heterocycles. The average Bonchev–Trinajstić information content (AvgIpc) is 2.86. The highest BCUT2D eigenvalue weighted by molar-refractivity contribution is 6.37. The van der Waals surface area contributed by atoms with Crippen LogP contribution in [0.5, 0.6) is 0 Å². The maximum atomic E-state index is 13.2. The van der Waals surface area contributed by atoms with E-state index in [0.29, 0.717) is 25.8 Å². The maximum Gasteiger partial charge on any atom is 0.329 e. The zero-order valence-corrected chi connectivity index (χ0v) is 19.0. The Kier molecular flexibility index (Phi) is 8.60. The van der Waals surface area contributed by atoms with E-state index in [1.165, 1.54) is 10.5 Å². The fraction of sp³-hybridized carbons (Fsp3) is 0.444. The number of benzene rings is 2. The summed E-state index contributed by atoms with van der Waals surface area (Å²) in [4.78, 5) is 40.0. The summed E-state index contributed by atoms with van der Waals surface area (Å²) in [6, 6.07) is 19.1. The Morgan fingerprint density at radius 1 is 1.00 bits per heavy atom. The third-order valence-electron chi connectivity index (χ3n) is 6.27. The molecule has 5 heteroatoms. The van der Waals surface area contributed by atoms with Gasteiger partial charge in [-0.3, -0.25) is 9.59 Å². The van der Waals surface area contributed by atoms with Gasteiger partial charge in [-0.15, -0.1) is 0 Å². The van der Waals surface area contributed by atoms with Crippen molar-refractivity contribution in [1.29, 1.82) is 0 Å². The molecule has 5 nitrogen and oxygen atoms in total. The minimum Gasteiger partial charge on any atom is -0.456 e. The number of hydrogen-bond donors (Lipinski definition) is 0. The Bertz CT molecular complexity index is 896. The molecule has 1 heterocycles. The van der Waals surface area contributed by atoms with E-state index in [0.717, 1.165) is 24.8 Å². The van der Waals surface area contributed by atoms with Crippen molar-refractivity contribution >= 4 is 17.7 Å². The highest BCUT2D eigenvalue weighted by Crippen LogP contribution is 2.27. The second kappa shape index (κ2) is 11.6. The Morgan fingerprint density at radius 3 is 2.31 bits per heavy atom. The number of carbonyl (C=O) groups excluding carboxylic acids is 3. The zero-order chi connectivity index (χ0) is 22.9. The SMILES string of the molecule is CCC(C)C(=O)C(=O)N1CCCCC1C(=O)OC(CCc1ccccc1)c1ccccc1. The van der Waals surface area contributed by atoms with E-state index in [9.17, 15) is 14.4 Å². The van der Waals surface area contributed by atoms with Crippen molar-refractivity contribution in [1.82, 2.24) is 4.90 Å². The quantitative estimate of drug-likeness (QED) is 0.415. The number of nitrogens with zero attached hydrogens (tertiary/aromatic N) is 1. The standard InChI is InChI=1S/C27H33NO4/c1-3-20(2)25(29)26(30)28-19-11-10-16-23(28)27(31)32-24(22-14-8-5-9-15-22)18-17-21-12-6-4-7-13-21/h4-9,12-15,20,23-24H,3,10-11,16-19H2,1-2H3. The van der Waals surface area contributed by atoms with Crippen molar-refractivity contribution in [2.24, 2.45) is 5.92 Å². The summed E-state index contributed by atoms with van der Waals surface area (Å²) < 4.78 is 6.00. The van der Waals surface area contributed by atoms with Crippen LogP contribution >= 0.6 is 0 Å². The number of likely N-dealkylation sites (tertiary alicyclic amines) is 1. The van der Waals surface area contributed by atoms with E-state index >= 15 is 0 Å². The van der Waals surface area contributed by atoms with E-state index in [1.54, 1.807) is 6.92 Å². The summed E-state index contributed by atoms with van der Waals surface area (Å²) in [5, 5.41) is 0. The molecular formula is C27H33NO4. The van der Waals surface area contributed by atoms with Crippen LogP contribution in [0, 0.1) is 5.92 Å². The van der Waals surface area contributed by atoms with Crippen LogP contribution < -0.4 is 0 Å². The number of carbonyl (C=O) groups is 3. The molecule has 1 fully saturated rings. The van der Waals surface area contributed by atoms with Gasteiger partial charge in [-0.1, -0.05) is 74.5 Å². The number of amides is 1. The van der Waals surface area contributed by atoms with Gasteiger partial charge in [0.05, 0.1) is 0 Å². The number of ketones is 1. The maximum absolute atomic E-state index is 13.2. The first-order valence-corrected chi connectivity index (χ1v) is 11.7. The molecule has 3 atom stereocenters. The highest BCUT2D eigenvalue weighted by atomic mass is 16.5. The van der Waals surface area contributed by atoms with Gasteiger partial charge in [0.1, 0.15) is 12.1 Å². The fourth-order valence-corrected chi connectivity index (χ4v) is 4.08. The first kappa shape index (κ1) is 23.7. The predicted molar refractivity (Wildman–Crippen MR) is 124 cm³/mol. The molecule has 1 amide bonds. The largest absolute Gasteiger partial charge is 0.456 e. The van der Waals surface area contributed by atoms with Gasteiger partial charge < -0.3 is 9.64 Å². The number of piperidine rings is 1. The molecule has 32 heavy (non-hydrogen) atoms. The monoisotopic (exact) mass is 435 g/mol. The number of rotatable bonds is 9. The molecular weight excluding hydrogens is 402 g/mol. The first-order chi connectivity index (χ1) is 15.5. The second-order valence-corrected chi connectivity index (χ2v) is 8.54. The van der Waals surface area contributed by atoms with Crippen molar-refractivity contribution in [2.75, 3.05) is 6.54 Å². The lowest BCUT2D eigenvalue weighted by Gasteiger charge is -2.35. The van der Waals surface area contributed by atoms with Gasteiger partial charge in [0.15, 0.2) is 0 Å². The lowest BCUT2D eigenvalue weighted by Crippen LogP contribution is -2.52. The van der Waals surface area contributed by atoms with Crippen LogP contribution in [-0.2, 0) is 25.5 Å². The summed E-state index contributed by atoms with van der Waals surface area (Å²) in [7, 11) is 0. The molecule has 170 valence electrons. The Balaban J connectivity index is 1.74. The summed E-state index contributed by atoms with van der Waals surface area (Å²) in [5.41, 5.74) is 2.11. The molecule has 0 N–H and O–H groups in total. The van der Waals surface area contributed by atoms with Gasteiger partial charge in [-0.25, -0.2) is 4.79 Å². The Labute approximate surface area is 190 Å². The van der Waals surface area contributed by atoms with Crippen LogP contribution in [0.3, 0.4) is 0 Å². The van der Waals surface area contributed by atoms with E-state index < -0.39 is 29.8 Å². The first-order valence-electron chi connectivity index (χ1n) is 11.7. The lowest BCUT2D eigenvalue weighted by molar-refractivity contribution is -0.164. The predicted octanol–water partition coefficient (Wildman–Crippen LogP) is 4.90. The Hall–Kier alpha value is -2.95. The normalized spacial score (nSPS) is 17.9. The summed E-state index contributed by atoms with van der Waals surface area (Å²) in [5.74, 6) is -1.74. The van der Waals surface area contributed by atoms with Gasteiger partial charge in [-0.05, 0) is 49.7 Å². The summed E-state index contributed by atoms with van der Waals surface area (Å²) in [6.07, 6.45) is 3.76. The third kappa shape index (κ3) is 6.06. The highest BCUT2D eigenvalue weighted by Gasteiger charge is 2.38. The molecule has 3 unspecified atom stereocenters. The van der Waals surface area contributed by atoms with Crippen molar-refractivity contribution in [3.63, 3.8) is 0 Å². The minimum atomic E-state index is -0.702. The van der Waals surface area contributed by atoms with E-state index in [2.05, 4.69) is 12.1 Å². The van der Waals surface area contributed by atoms with Gasteiger partial charge in [-0.2, -0.15) is 0 Å². The number of esters is 1. The smallest absolute Gasteiger partial charge is 0.329 e. The van der Waals surface area contributed by atoms with Crippen LogP contribution in [0.1, 0.15) is 63.2 Å². The summed E-state index contributed by atoms with van der Waals surface area (Å²) >= 11 is 0. The lowest BCUT2D eigenvalue weighted by atomic mass is 9.97. The molecule has 3 rings (SSSR count). The summed E-state index contributed by atoms with van der Waals surface area (Å²) in [6.45, 7) is 4.06. The van der Waals surface area contributed by atoms with Crippen molar-refractivity contribution in [3.05, 3.63) is 71.8 Å². The van der Waals surface area contributed by atoms with E-state index in [1.807, 2.05) is 55.5 Å². The Morgan fingerprint density at radius 2 is 1.66 bits per heavy atom. The average molecular weight is 436 g/mol. The molecule has 0 aliphatic carbocycles. The molecule has 2 aromatic carbocycles. The minimum absolute atomic E-state index is 0.343. The molecule has 0 saturated carbocycles. The molecule has 0 spiro atoms. The number of hydrogen-bond acceptors (Lipinski definition) is 4.